The fourth-order valence-electron chi connectivity index (χ4n) is 3.01. The van der Waals surface area contributed by atoms with Gasteiger partial charge in [0.05, 0.1) is 24.5 Å². The zero-order valence-corrected chi connectivity index (χ0v) is 16.9. The van der Waals surface area contributed by atoms with Gasteiger partial charge in [0, 0.05) is 17.7 Å². The molecule has 7 heteroatoms. The Hall–Kier alpha value is -1.94. The zero-order chi connectivity index (χ0) is 18.9. The summed E-state index contributed by atoms with van der Waals surface area (Å²) in [7, 11) is 2.91. The molecule has 0 aliphatic heterocycles. The summed E-state index contributed by atoms with van der Waals surface area (Å²) in [5.41, 5.74) is 1.38. The van der Waals surface area contributed by atoms with E-state index in [0.717, 1.165) is 6.42 Å². The maximum absolute atomic E-state index is 12.0. The molecule has 0 bridgehead atoms. The minimum absolute atomic E-state index is 0.177. The Kier molecular flexibility index (Phi) is 5.07. The van der Waals surface area contributed by atoms with Crippen molar-refractivity contribution >= 4 is 15.2 Å². The van der Waals surface area contributed by atoms with Crippen molar-refractivity contribution in [3.8, 4) is 11.7 Å². The largest absolute Gasteiger partial charge is 0.476 e. The average molecular weight is 375 g/mol. The summed E-state index contributed by atoms with van der Waals surface area (Å²) in [6.45, 7) is 9.18. The number of hydrogen-bond acceptors (Lipinski definition) is 5. The molecular weight excluding hydrogens is 349 g/mol. The molecule has 6 nitrogen and oxygen atoms in total. The Balaban J connectivity index is 1.73. The monoisotopic (exact) mass is 375 g/mol. The Morgan fingerprint density at radius 3 is 2.65 bits per heavy atom. The first kappa shape index (κ1) is 18.8. The normalized spacial score (nSPS) is 24.3. The van der Waals surface area contributed by atoms with Crippen molar-refractivity contribution in [1.29, 1.82) is 0 Å². The van der Waals surface area contributed by atoms with Gasteiger partial charge in [-0.1, -0.05) is 20.8 Å². The second-order valence-corrected chi connectivity index (χ2v) is 8.55. The first-order valence-corrected chi connectivity index (χ1v) is 9.52. The zero-order valence-electron chi connectivity index (χ0n) is 15.8. The quantitative estimate of drug-likeness (QED) is 0.548. The van der Waals surface area contributed by atoms with Crippen LogP contribution in [0, 0.1) is 5.41 Å². The number of carbonyl (C=O) groups is 1. The second-order valence-electron chi connectivity index (χ2n) is 7.28. The van der Waals surface area contributed by atoms with Crippen molar-refractivity contribution < 1.29 is 14.3 Å². The van der Waals surface area contributed by atoms with E-state index >= 15 is 0 Å². The first-order valence-electron chi connectivity index (χ1n) is 8.94. The van der Waals surface area contributed by atoms with E-state index in [1.54, 1.807) is 23.7 Å². The van der Waals surface area contributed by atoms with E-state index in [1.807, 2.05) is 19.2 Å². The van der Waals surface area contributed by atoms with Crippen LogP contribution in [0.5, 0.6) is 5.88 Å². The van der Waals surface area contributed by atoms with Gasteiger partial charge in [-0.2, -0.15) is 0 Å². The van der Waals surface area contributed by atoms with Gasteiger partial charge in [0.15, 0.2) is 5.82 Å². The summed E-state index contributed by atoms with van der Waals surface area (Å²) in [4.78, 5) is 16.6. The maximum atomic E-state index is 12.0. The van der Waals surface area contributed by atoms with Crippen molar-refractivity contribution in [3.63, 3.8) is 0 Å². The fourth-order valence-corrected chi connectivity index (χ4v) is 3.54. The Bertz CT molecular complexity index is 818. The van der Waals surface area contributed by atoms with Gasteiger partial charge in [-0.3, -0.25) is 0 Å². The number of esters is 1. The Morgan fingerprint density at radius 1 is 1.31 bits per heavy atom. The van der Waals surface area contributed by atoms with Crippen LogP contribution >= 0.6 is 9.24 Å². The van der Waals surface area contributed by atoms with Gasteiger partial charge < -0.3 is 9.47 Å². The van der Waals surface area contributed by atoms with Crippen LogP contribution in [0.4, 0.5) is 0 Å². The highest BCUT2D eigenvalue weighted by Crippen LogP contribution is 2.61. The molecule has 2 aromatic heterocycles. The summed E-state index contributed by atoms with van der Waals surface area (Å²) in [6.07, 6.45) is 3.58. The van der Waals surface area contributed by atoms with Gasteiger partial charge in [-0.15, -0.1) is 14.3 Å². The molecule has 0 radical (unpaired) electrons. The first-order chi connectivity index (χ1) is 12.3. The lowest BCUT2D eigenvalue weighted by Gasteiger charge is -2.14. The van der Waals surface area contributed by atoms with Crippen molar-refractivity contribution in [2.45, 2.75) is 45.7 Å². The van der Waals surface area contributed by atoms with Crippen LogP contribution < -0.4 is 4.74 Å². The van der Waals surface area contributed by atoms with Crippen LogP contribution in [0.3, 0.4) is 0 Å². The van der Waals surface area contributed by atoms with Crippen LogP contribution in [-0.4, -0.2) is 39.1 Å². The van der Waals surface area contributed by atoms with Gasteiger partial charge in [-0.05, 0) is 37.1 Å². The molecule has 1 fully saturated rings. The predicted molar refractivity (Wildman–Crippen MR) is 103 cm³/mol. The minimum Gasteiger partial charge on any atom is -0.476 e. The van der Waals surface area contributed by atoms with Crippen molar-refractivity contribution in [1.82, 2.24) is 14.8 Å². The Morgan fingerprint density at radius 2 is 2.04 bits per heavy atom. The molecule has 1 aliphatic carbocycles. The lowest BCUT2D eigenvalue weighted by molar-refractivity contribution is 0.0524. The smallest absolute Gasteiger partial charge is 0.339 e. The molecular formula is C19H26N3O3P. The minimum atomic E-state index is -0.342. The van der Waals surface area contributed by atoms with E-state index in [4.69, 9.17) is 9.47 Å². The van der Waals surface area contributed by atoms with Gasteiger partial charge in [0.2, 0.25) is 5.88 Å². The molecule has 1 saturated carbocycles. The highest BCUT2D eigenvalue weighted by molar-refractivity contribution is 7.19. The van der Waals surface area contributed by atoms with Crippen molar-refractivity contribution in [3.05, 3.63) is 35.7 Å². The summed E-state index contributed by atoms with van der Waals surface area (Å²) >= 11 is 0. The average Bonchev–Trinajstić information content (AvgIpc) is 2.96. The third-order valence-corrected chi connectivity index (χ3v) is 6.04. The highest BCUT2D eigenvalue weighted by atomic mass is 31.0. The molecule has 2 aromatic rings. The van der Waals surface area contributed by atoms with E-state index < -0.39 is 0 Å². The van der Waals surface area contributed by atoms with E-state index in [-0.39, 0.29) is 16.5 Å². The van der Waals surface area contributed by atoms with Crippen LogP contribution in [-0.2, 0) is 11.2 Å². The van der Waals surface area contributed by atoms with Crippen molar-refractivity contribution in [2.24, 2.45) is 5.41 Å². The number of carbonyl (C=O) groups excluding carboxylic acids is 1. The van der Waals surface area contributed by atoms with E-state index in [1.165, 1.54) is 0 Å². The molecule has 0 amide bonds. The molecule has 1 aliphatic rings. The number of pyridine rings is 1. The molecule has 140 valence electrons. The molecule has 3 atom stereocenters. The van der Waals surface area contributed by atoms with Gasteiger partial charge >= 0.3 is 5.97 Å². The Labute approximate surface area is 156 Å². The standard InChI is InChI=1S/C19H26N3O3P/c1-5-14-13(17(23)24-6-2)7-8-15(20-14)22-10-9-16(21-22)25-12-18(3)11-19(18,4)26/h7-10H,5-6,11-12,26H2,1-4H3. The number of aryl methyl sites for hydroxylation is 1. The molecule has 0 aromatic carbocycles. The lowest BCUT2D eigenvalue weighted by atomic mass is 10.1. The third kappa shape index (κ3) is 3.61. The molecule has 0 N–H and O–H groups in total. The topological polar surface area (TPSA) is 66.2 Å². The van der Waals surface area contributed by atoms with Crippen molar-refractivity contribution in [2.75, 3.05) is 13.2 Å². The summed E-state index contributed by atoms with van der Waals surface area (Å²) in [6, 6.07) is 5.34. The number of aromatic nitrogens is 3. The number of rotatable bonds is 7. The summed E-state index contributed by atoms with van der Waals surface area (Å²) in [5.74, 6) is 0.887. The number of ether oxygens (including phenoxy) is 2. The molecule has 26 heavy (non-hydrogen) atoms. The fraction of sp³-hybridized carbons (Fsp3) is 0.526. The van der Waals surface area contributed by atoms with Crippen LogP contribution in [0.2, 0.25) is 0 Å². The predicted octanol–water partition coefficient (Wildman–Crippen LogP) is 3.43. The van der Waals surface area contributed by atoms with E-state index in [0.29, 0.717) is 42.6 Å². The van der Waals surface area contributed by atoms with Gasteiger partial charge in [-0.25, -0.2) is 14.5 Å². The molecule has 3 unspecified atom stereocenters. The van der Waals surface area contributed by atoms with Crippen LogP contribution in [0.15, 0.2) is 24.4 Å². The van der Waals surface area contributed by atoms with E-state index in [9.17, 15) is 4.79 Å². The van der Waals surface area contributed by atoms with Crippen LogP contribution in [0.25, 0.3) is 5.82 Å². The summed E-state index contributed by atoms with van der Waals surface area (Å²) < 4.78 is 12.6. The molecule has 0 spiro atoms. The molecule has 2 heterocycles. The van der Waals surface area contributed by atoms with Gasteiger partial charge in [0.25, 0.3) is 0 Å². The second kappa shape index (κ2) is 6.99. The SMILES string of the molecule is CCOC(=O)c1ccc(-n2ccc(OCC3(C)CC3(C)P)n2)nc1CC. The summed E-state index contributed by atoms with van der Waals surface area (Å²) in [5, 5.41) is 4.70. The lowest BCUT2D eigenvalue weighted by Crippen LogP contribution is -2.16. The molecule has 0 saturated heterocycles. The highest BCUT2D eigenvalue weighted by Gasteiger charge is 2.58. The number of nitrogens with zero attached hydrogens (tertiary/aromatic N) is 3. The number of hydrogen-bond donors (Lipinski definition) is 0. The maximum Gasteiger partial charge on any atom is 0.339 e. The van der Waals surface area contributed by atoms with E-state index in [2.05, 4.69) is 33.2 Å². The molecule has 3 rings (SSSR count). The van der Waals surface area contributed by atoms with Crippen LogP contribution in [0.1, 0.15) is 50.2 Å². The van der Waals surface area contributed by atoms with Gasteiger partial charge in [0.1, 0.15) is 0 Å². The third-order valence-electron chi connectivity index (χ3n) is 5.14.